The molecule has 0 bridgehead atoms. The second kappa shape index (κ2) is 8.01. The number of ether oxygens (including phenoxy) is 1. The Labute approximate surface area is 196 Å². The van der Waals surface area contributed by atoms with E-state index >= 15 is 0 Å². The predicted octanol–water partition coefficient (Wildman–Crippen LogP) is 5.34. The molecule has 3 aromatic rings. The Morgan fingerprint density at radius 3 is 2.42 bits per heavy atom. The lowest BCUT2D eigenvalue weighted by atomic mass is 9.85. The molecule has 0 N–H and O–H groups in total. The quantitative estimate of drug-likeness (QED) is 0.544. The van der Waals surface area contributed by atoms with Crippen LogP contribution in [-0.2, 0) is 18.4 Å². The zero-order chi connectivity index (χ0) is 24.1. The van der Waals surface area contributed by atoms with E-state index in [1.165, 1.54) is 5.56 Å². The van der Waals surface area contributed by atoms with Gasteiger partial charge in [0, 0.05) is 53.6 Å². The van der Waals surface area contributed by atoms with Crippen LogP contribution in [0.15, 0.2) is 36.7 Å². The van der Waals surface area contributed by atoms with Crippen LogP contribution in [0.1, 0.15) is 63.4 Å². The van der Waals surface area contributed by atoms with Crippen molar-refractivity contribution >= 4 is 5.91 Å². The van der Waals surface area contributed by atoms with Gasteiger partial charge in [0.05, 0.1) is 18.5 Å². The normalized spacial score (nSPS) is 13.3. The van der Waals surface area contributed by atoms with Gasteiger partial charge in [-0.15, -0.1) is 0 Å². The standard InChI is InChI=1S/C27H34N4O2/c1-26(2,3)23-22-20-15-19(18-10-9-12-28-16-18)21(33-8)14-17(20)11-13-31(22)24(29-23)25(32)30(7)27(4,5)6/h9-10,12,14-16H,11,13H2,1-8H3. The number of aryl methyl sites for hydroxylation is 1. The van der Waals surface area contributed by atoms with Gasteiger partial charge < -0.3 is 14.2 Å². The molecule has 0 fully saturated rings. The zero-order valence-corrected chi connectivity index (χ0v) is 21.0. The molecule has 1 aliphatic rings. The molecule has 0 spiro atoms. The van der Waals surface area contributed by atoms with Crippen molar-refractivity contribution in [3.05, 3.63) is 53.7 Å². The maximum absolute atomic E-state index is 13.5. The maximum atomic E-state index is 13.5. The Kier molecular flexibility index (Phi) is 5.59. The highest BCUT2D eigenvalue weighted by Gasteiger charge is 2.35. The molecular weight excluding hydrogens is 412 g/mol. The van der Waals surface area contributed by atoms with Crippen LogP contribution in [0.4, 0.5) is 0 Å². The molecule has 0 aliphatic carbocycles. The molecule has 4 rings (SSSR count). The number of nitrogens with zero attached hydrogens (tertiary/aromatic N) is 4. The fraction of sp³-hybridized carbons (Fsp3) is 0.444. The van der Waals surface area contributed by atoms with Gasteiger partial charge in [-0.3, -0.25) is 9.78 Å². The second-order valence-corrected chi connectivity index (χ2v) is 10.8. The summed E-state index contributed by atoms with van der Waals surface area (Å²) in [5.74, 6) is 1.29. The average molecular weight is 447 g/mol. The molecule has 0 radical (unpaired) electrons. The molecular formula is C27H34N4O2. The van der Waals surface area contributed by atoms with Crippen LogP contribution in [0.25, 0.3) is 22.4 Å². The van der Waals surface area contributed by atoms with Gasteiger partial charge in [-0.25, -0.2) is 4.98 Å². The number of amides is 1. The molecule has 1 aliphatic heterocycles. The van der Waals surface area contributed by atoms with Crippen LogP contribution in [-0.4, -0.2) is 45.0 Å². The van der Waals surface area contributed by atoms with Crippen LogP contribution in [0.3, 0.4) is 0 Å². The summed E-state index contributed by atoms with van der Waals surface area (Å²) in [6, 6.07) is 8.27. The first-order valence-electron chi connectivity index (χ1n) is 11.4. The highest BCUT2D eigenvalue weighted by molar-refractivity contribution is 5.93. The summed E-state index contributed by atoms with van der Waals surface area (Å²) in [6.45, 7) is 13.3. The van der Waals surface area contributed by atoms with Crippen LogP contribution in [0, 0.1) is 0 Å². The lowest BCUT2D eigenvalue weighted by Crippen LogP contribution is -2.43. The Hall–Kier alpha value is -3.15. The summed E-state index contributed by atoms with van der Waals surface area (Å²) in [5.41, 5.74) is 5.75. The van der Waals surface area contributed by atoms with Gasteiger partial charge in [-0.2, -0.15) is 0 Å². The summed E-state index contributed by atoms with van der Waals surface area (Å²) >= 11 is 0. The second-order valence-electron chi connectivity index (χ2n) is 10.8. The summed E-state index contributed by atoms with van der Waals surface area (Å²) in [4.78, 5) is 24.6. The minimum atomic E-state index is -0.293. The van der Waals surface area contributed by atoms with Crippen molar-refractivity contribution in [1.29, 1.82) is 0 Å². The van der Waals surface area contributed by atoms with E-state index in [1.807, 2.05) is 46.1 Å². The zero-order valence-electron chi connectivity index (χ0n) is 21.0. The van der Waals surface area contributed by atoms with E-state index in [1.54, 1.807) is 18.2 Å². The molecule has 3 heterocycles. The molecule has 1 aromatic carbocycles. The SMILES string of the molecule is COc1cc2c(cc1-c1cccnc1)-c1c(C(C)(C)C)nc(C(=O)N(C)C(C)(C)C)n1CC2. The van der Waals surface area contributed by atoms with E-state index in [4.69, 9.17) is 9.72 Å². The Morgan fingerprint density at radius 2 is 1.85 bits per heavy atom. The number of aromatic nitrogens is 3. The minimum absolute atomic E-state index is 0.0521. The summed E-state index contributed by atoms with van der Waals surface area (Å²) in [7, 11) is 3.55. The van der Waals surface area contributed by atoms with E-state index in [9.17, 15) is 4.79 Å². The first kappa shape index (κ1) is 23.0. The number of carbonyl (C=O) groups excluding carboxylic acids is 1. The molecule has 6 nitrogen and oxygen atoms in total. The largest absolute Gasteiger partial charge is 0.496 e. The molecule has 1 amide bonds. The van der Waals surface area contributed by atoms with Gasteiger partial charge >= 0.3 is 0 Å². The molecule has 6 heteroatoms. The van der Waals surface area contributed by atoms with Gasteiger partial charge in [-0.1, -0.05) is 26.8 Å². The molecule has 174 valence electrons. The highest BCUT2D eigenvalue weighted by Crippen LogP contribution is 2.43. The van der Waals surface area contributed by atoms with Crippen molar-refractivity contribution in [2.24, 2.45) is 0 Å². The average Bonchev–Trinajstić information content (AvgIpc) is 3.17. The molecule has 2 aromatic heterocycles. The summed E-state index contributed by atoms with van der Waals surface area (Å²) in [6.07, 6.45) is 4.43. The van der Waals surface area contributed by atoms with Crippen molar-refractivity contribution < 1.29 is 9.53 Å². The summed E-state index contributed by atoms with van der Waals surface area (Å²) in [5, 5.41) is 0. The van der Waals surface area contributed by atoms with E-state index in [-0.39, 0.29) is 16.9 Å². The smallest absolute Gasteiger partial charge is 0.290 e. The number of hydrogen-bond donors (Lipinski definition) is 0. The fourth-order valence-corrected chi connectivity index (χ4v) is 4.28. The van der Waals surface area contributed by atoms with Gasteiger partial charge in [0.25, 0.3) is 5.91 Å². The maximum Gasteiger partial charge on any atom is 0.290 e. The number of imidazole rings is 1. The van der Waals surface area contributed by atoms with Gasteiger partial charge in [0.2, 0.25) is 0 Å². The number of rotatable bonds is 3. The number of pyridine rings is 1. The molecule has 0 saturated carbocycles. The van der Waals surface area contributed by atoms with Crippen molar-refractivity contribution in [3.8, 4) is 28.1 Å². The van der Waals surface area contributed by atoms with E-state index in [0.29, 0.717) is 12.4 Å². The van der Waals surface area contributed by atoms with Gasteiger partial charge in [-0.05, 0) is 51.0 Å². The fourth-order valence-electron chi connectivity index (χ4n) is 4.28. The first-order chi connectivity index (χ1) is 15.4. The third-order valence-electron chi connectivity index (χ3n) is 6.44. The van der Waals surface area contributed by atoms with E-state index in [0.717, 1.165) is 40.2 Å². The molecule has 0 saturated heterocycles. The molecule has 33 heavy (non-hydrogen) atoms. The minimum Gasteiger partial charge on any atom is -0.496 e. The van der Waals surface area contributed by atoms with Crippen LogP contribution < -0.4 is 4.74 Å². The third-order valence-corrected chi connectivity index (χ3v) is 6.44. The predicted molar refractivity (Wildman–Crippen MR) is 132 cm³/mol. The Bertz CT molecular complexity index is 1200. The number of hydrogen-bond acceptors (Lipinski definition) is 4. The van der Waals surface area contributed by atoms with E-state index < -0.39 is 0 Å². The lowest BCUT2D eigenvalue weighted by Gasteiger charge is -2.32. The van der Waals surface area contributed by atoms with Gasteiger partial charge in [0.15, 0.2) is 5.82 Å². The topological polar surface area (TPSA) is 60.3 Å². The first-order valence-corrected chi connectivity index (χ1v) is 11.4. The number of benzene rings is 1. The van der Waals surface area contributed by atoms with E-state index in [2.05, 4.69) is 42.5 Å². The van der Waals surface area contributed by atoms with Crippen molar-refractivity contribution in [2.75, 3.05) is 14.2 Å². The summed E-state index contributed by atoms with van der Waals surface area (Å²) < 4.78 is 7.87. The highest BCUT2D eigenvalue weighted by atomic mass is 16.5. The van der Waals surface area contributed by atoms with Crippen molar-refractivity contribution in [2.45, 2.75) is 65.5 Å². The number of methoxy groups -OCH3 is 1. The monoisotopic (exact) mass is 446 g/mol. The lowest BCUT2D eigenvalue weighted by molar-refractivity contribution is 0.0637. The molecule has 0 atom stereocenters. The number of carbonyl (C=O) groups is 1. The van der Waals surface area contributed by atoms with Crippen LogP contribution in [0.5, 0.6) is 5.75 Å². The Balaban J connectivity index is 1.97. The van der Waals surface area contributed by atoms with Crippen LogP contribution >= 0.6 is 0 Å². The molecule has 0 unspecified atom stereocenters. The van der Waals surface area contributed by atoms with Crippen LogP contribution in [0.2, 0.25) is 0 Å². The van der Waals surface area contributed by atoms with Gasteiger partial charge in [0.1, 0.15) is 5.75 Å². The third kappa shape index (κ3) is 4.03. The Morgan fingerprint density at radius 1 is 1.12 bits per heavy atom. The van der Waals surface area contributed by atoms with Crippen molar-refractivity contribution in [1.82, 2.24) is 19.4 Å². The van der Waals surface area contributed by atoms with Crippen molar-refractivity contribution in [3.63, 3.8) is 0 Å². The number of fused-ring (bicyclic) bond motifs is 3.